The third-order valence-corrected chi connectivity index (χ3v) is 5.75. The Labute approximate surface area is 135 Å². The summed E-state index contributed by atoms with van der Waals surface area (Å²) in [5, 5.41) is 0. The molecule has 0 aromatic heterocycles. The summed E-state index contributed by atoms with van der Waals surface area (Å²) >= 11 is 0. The number of likely N-dealkylation sites (tertiary alicyclic amines) is 1. The lowest BCUT2D eigenvalue weighted by Gasteiger charge is -2.19. The normalized spacial score (nSPS) is 20.6. The highest BCUT2D eigenvalue weighted by molar-refractivity contribution is 7.91. The second kappa shape index (κ2) is 6.37. The number of ether oxygens (including phenoxy) is 2. The molecule has 0 aliphatic carbocycles. The highest BCUT2D eigenvalue weighted by Crippen LogP contribution is 2.32. The van der Waals surface area contributed by atoms with E-state index in [9.17, 15) is 13.2 Å². The molecule has 0 spiro atoms. The quantitative estimate of drug-likeness (QED) is 0.839. The molecule has 2 aliphatic rings. The zero-order chi connectivity index (χ0) is 16.4. The van der Waals surface area contributed by atoms with Gasteiger partial charge in [-0.15, -0.1) is 0 Å². The predicted octanol–water partition coefficient (Wildman–Crippen LogP) is 0.181. The van der Waals surface area contributed by atoms with Crippen molar-refractivity contribution < 1.29 is 22.7 Å². The largest absolute Gasteiger partial charge is 0.486 e. The fraction of sp³-hybridized carbons (Fsp3) is 0.533. The zero-order valence-corrected chi connectivity index (χ0v) is 13.5. The highest BCUT2D eigenvalue weighted by atomic mass is 32.2. The molecule has 1 fully saturated rings. The lowest BCUT2D eigenvalue weighted by molar-refractivity contribution is -0.129. The minimum absolute atomic E-state index is 0.00616. The molecule has 1 aromatic carbocycles. The number of amides is 1. The van der Waals surface area contributed by atoms with Gasteiger partial charge in [0.2, 0.25) is 5.91 Å². The average molecular weight is 340 g/mol. The SMILES string of the molecule is N[C@@H]1CCN(C(=O)CCS(=O)(=O)c2ccc3c(c2)OCCO3)C1. The van der Waals surface area contributed by atoms with E-state index in [0.29, 0.717) is 37.8 Å². The van der Waals surface area contributed by atoms with Crippen molar-refractivity contribution in [2.45, 2.75) is 23.8 Å². The standard InChI is InChI=1S/C15H20N2O5S/c16-11-3-5-17(10-11)15(18)4-8-23(19,20)12-1-2-13-14(9-12)22-7-6-21-13/h1-2,9,11H,3-8,10,16H2/t11-/m1/s1. The van der Waals surface area contributed by atoms with Gasteiger partial charge in [-0.2, -0.15) is 0 Å². The molecule has 8 heteroatoms. The first kappa shape index (κ1) is 16.1. The van der Waals surface area contributed by atoms with Gasteiger partial charge < -0.3 is 20.1 Å². The van der Waals surface area contributed by atoms with Crippen LogP contribution in [0.15, 0.2) is 23.1 Å². The number of hydrogen-bond donors (Lipinski definition) is 1. The zero-order valence-electron chi connectivity index (χ0n) is 12.7. The van der Waals surface area contributed by atoms with Gasteiger partial charge in [0.05, 0.1) is 10.6 Å². The smallest absolute Gasteiger partial charge is 0.223 e. The van der Waals surface area contributed by atoms with Crippen LogP contribution in [-0.2, 0) is 14.6 Å². The molecule has 2 aliphatic heterocycles. The lowest BCUT2D eigenvalue weighted by atomic mass is 10.3. The first-order chi connectivity index (χ1) is 11.0. The van der Waals surface area contributed by atoms with E-state index in [1.165, 1.54) is 12.1 Å². The first-order valence-electron chi connectivity index (χ1n) is 7.61. The van der Waals surface area contributed by atoms with Crippen LogP contribution in [0, 0.1) is 0 Å². The molecular weight excluding hydrogens is 320 g/mol. The molecule has 0 saturated carbocycles. The molecule has 23 heavy (non-hydrogen) atoms. The Hall–Kier alpha value is -1.80. The number of nitrogens with zero attached hydrogens (tertiary/aromatic N) is 1. The van der Waals surface area contributed by atoms with Gasteiger partial charge in [0, 0.05) is 31.6 Å². The summed E-state index contributed by atoms with van der Waals surface area (Å²) < 4.78 is 35.6. The number of fused-ring (bicyclic) bond motifs is 1. The van der Waals surface area contributed by atoms with Crippen molar-refractivity contribution >= 4 is 15.7 Å². The van der Waals surface area contributed by atoms with Gasteiger partial charge in [-0.3, -0.25) is 4.79 Å². The van der Waals surface area contributed by atoms with Crippen LogP contribution in [0.25, 0.3) is 0 Å². The van der Waals surface area contributed by atoms with Crippen molar-refractivity contribution in [1.82, 2.24) is 4.90 Å². The van der Waals surface area contributed by atoms with Crippen LogP contribution in [0.3, 0.4) is 0 Å². The van der Waals surface area contributed by atoms with E-state index in [0.717, 1.165) is 6.42 Å². The second-order valence-corrected chi connectivity index (χ2v) is 7.87. The van der Waals surface area contributed by atoms with Gasteiger partial charge in [0.1, 0.15) is 13.2 Å². The molecule has 0 bridgehead atoms. The second-order valence-electron chi connectivity index (χ2n) is 5.76. The Morgan fingerprint density at radius 2 is 2.00 bits per heavy atom. The molecule has 126 valence electrons. The van der Waals surface area contributed by atoms with Gasteiger partial charge in [-0.25, -0.2) is 8.42 Å². The molecule has 1 atom stereocenters. The van der Waals surface area contributed by atoms with Gasteiger partial charge in [-0.05, 0) is 18.6 Å². The van der Waals surface area contributed by atoms with Crippen LogP contribution >= 0.6 is 0 Å². The summed E-state index contributed by atoms with van der Waals surface area (Å²) in [5.41, 5.74) is 5.76. The minimum Gasteiger partial charge on any atom is -0.486 e. The Morgan fingerprint density at radius 3 is 2.70 bits per heavy atom. The van der Waals surface area contributed by atoms with Crippen LogP contribution in [0.2, 0.25) is 0 Å². The van der Waals surface area contributed by atoms with Gasteiger partial charge in [0.15, 0.2) is 21.3 Å². The fourth-order valence-corrected chi connectivity index (χ4v) is 3.97. The van der Waals surface area contributed by atoms with Crippen LogP contribution in [-0.4, -0.2) is 57.3 Å². The minimum atomic E-state index is -3.55. The number of rotatable bonds is 4. The van der Waals surface area contributed by atoms with Crippen molar-refractivity contribution in [2.75, 3.05) is 32.1 Å². The van der Waals surface area contributed by atoms with Gasteiger partial charge >= 0.3 is 0 Å². The number of sulfone groups is 1. The number of hydrogen-bond acceptors (Lipinski definition) is 6. The van der Waals surface area contributed by atoms with Crippen molar-refractivity contribution in [2.24, 2.45) is 5.73 Å². The maximum Gasteiger partial charge on any atom is 0.223 e. The van der Waals surface area contributed by atoms with E-state index >= 15 is 0 Å². The average Bonchev–Trinajstić information content (AvgIpc) is 2.99. The van der Waals surface area contributed by atoms with E-state index in [4.69, 9.17) is 15.2 Å². The van der Waals surface area contributed by atoms with Crippen molar-refractivity contribution in [1.29, 1.82) is 0 Å². The topological polar surface area (TPSA) is 98.9 Å². The maximum atomic E-state index is 12.4. The first-order valence-corrected chi connectivity index (χ1v) is 9.27. The van der Waals surface area contributed by atoms with Crippen molar-refractivity contribution in [3.05, 3.63) is 18.2 Å². The van der Waals surface area contributed by atoms with Crippen LogP contribution in [0.1, 0.15) is 12.8 Å². The maximum absolute atomic E-state index is 12.4. The molecule has 2 N–H and O–H groups in total. The lowest BCUT2D eigenvalue weighted by Crippen LogP contribution is -2.32. The van der Waals surface area contributed by atoms with Crippen LogP contribution < -0.4 is 15.2 Å². The molecule has 1 aromatic rings. The summed E-state index contributed by atoms with van der Waals surface area (Å²) in [5.74, 6) is 0.572. The summed E-state index contributed by atoms with van der Waals surface area (Å²) in [6.07, 6.45) is 0.726. The molecule has 1 saturated heterocycles. The molecule has 0 radical (unpaired) electrons. The molecule has 0 unspecified atom stereocenters. The van der Waals surface area contributed by atoms with E-state index < -0.39 is 9.84 Å². The highest BCUT2D eigenvalue weighted by Gasteiger charge is 2.26. The Balaban J connectivity index is 1.66. The van der Waals surface area contributed by atoms with Crippen molar-refractivity contribution in [3.8, 4) is 11.5 Å². The number of nitrogens with two attached hydrogens (primary N) is 1. The molecule has 2 heterocycles. The number of carbonyl (C=O) groups is 1. The van der Waals surface area contributed by atoms with Gasteiger partial charge in [-0.1, -0.05) is 0 Å². The summed E-state index contributed by atoms with van der Waals surface area (Å²) in [6, 6.07) is 4.52. The van der Waals surface area contributed by atoms with Crippen molar-refractivity contribution in [3.63, 3.8) is 0 Å². The summed E-state index contributed by atoms with van der Waals surface area (Å²) in [7, 11) is -3.55. The Morgan fingerprint density at radius 1 is 1.26 bits per heavy atom. The molecule has 7 nitrogen and oxygen atoms in total. The Bertz CT molecular complexity index is 704. The van der Waals surface area contributed by atoms with Crippen LogP contribution in [0.5, 0.6) is 11.5 Å². The Kier molecular flexibility index (Phi) is 4.45. The van der Waals surface area contributed by atoms with Crippen LogP contribution in [0.4, 0.5) is 0 Å². The monoisotopic (exact) mass is 340 g/mol. The fourth-order valence-electron chi connectivity index (χ4n) is 2.73. The van der Waals surface area contributed by atoms with E-state index in [1.54, 1.807) is 11.0 Å². The summed E-state index contributed by atoms with van der Waals surface area (Å²) in [4.78, 5) is 13.8. The van der Waals surface area contributed by atoms with E-state index in [2.05, 4.69) is 0 Å². The van der Waals surface area contributed by atoms with E-state index in [-0.39, 0.29) is 29.0 Å². The summed E-state index contributed by atoms with van der Waals surface area (Å²) in [6.45, 7) is 1.95. The molecular formula is C15H20N2O5S. The molecule has 3 rings (SSSR count). The number of carbonyl (C=O) groups excluding carboxylic acids is 1. The third kappa shape index (κ3) is 3.59. The van der Waals surface area contributed by atoms with E-state index in [1.807, 2.05) is 0 Å². The third-order valence-electron chi connectivity index (χ3n) is 4.03. The predicted molar refractivity (Wildman–Crippen MR) is 83.3 cm³/mol. The molecule has 1 amide bonds. The number of benzene rings is 1. The van der Waals surface area contributed by atoms with Gasteiger partial charge in [0.25, 0.3) is 0 Å².